The van der Waals surface area contributed by atoms with E-state index in [1.807, 2.05) is 0 Å². The third-order valence-corrected chi connectivity index (χ3v) is 3.75. The molecule has 0 aliphatic carbocycles. The highest BCUT2D eigenvalue weighted by Crippen LogP contribution is 2.30. The zero-order valence-corrected chi connectivity index (χ0v) is 12.9. The molecule has 2 heterocycles. The van der Waals surface area contributed by atoms with Gasteiger partial charge in [0.2, 0.25) is 0 Å². The Hall–Kier alpha value is -1.96. The number of nitrogens with zero attached hydrogens (tertiary/aromatic N) is 2. The second-order valence-corrected chi connectivity index (χ2v) is 5.98. The Morgan fingerprint density at radius 1 is 1.35 bits per heavy atom. The largest absolute Gasteiger partial charge is 0.418 e. The van der Waals surface area contributed by atoms with E-state index in [2.05, 4.69) is 19.9 Å². The topological polar surface area (TPSA) is 155 Å². The van der Waals surface area contributed by atoms with Crippen molar-refractivity contribution in [2.24, 2.45) is 0 Å². The number of hydrogen-bond acceptors (Lipinski definition) is 7. The van der Waals surface area contributed by atoms with Gasteiger partial charge in [-0.3, -0.25) is 25.0 Å². The van der Waals surface area contributed by atoms with Crippen molar-refractivity contribution in [3.8, 4) is 0 Å². The highest BCUT2D eigenvalue weighted by atomic mass is 32.3. The van der Waals surface area contributed by atoms with E-state index in [0.29, 0.717) is 11.5 Å². The van der Waals surface area contributed by atoms with E-state index in [0.717, 1.165) is 4.90 Å². The average Bonchev–Trinajstić information content (AvgIpc) is 2.69. The summed E-state index contributed by atoms with van der Waals surface area (Å²) in [6, 6.07) is -2.33. The van der Waals surface area contributed by atoms with Gasteiger partial charge in [0.05, 0.1) is 6.04 Å². The molecule has 2 aliphatic rings. The predicted molar refractivity (Wildman–Crippen MR) is 71.5 cm³/mol. The highest BCUT2D eigenvalue weighted by Gasteiger charge is 2.49. The monoisotopic (exact) mass is 352 g/mol. The fourth-order valence-corrected chi connectivity index (χ4v) is 2.87. The normalized spacial score (nSPS) is 23.8. The maximum Gasteiger partial charge on any atom is 0.418 e. The van der Waals surface area contributed by atoms with Gasteiger partial charge in [0.25, 0.3) is 11.8 Å². The van der Waals surface area contributed by atoms with E-state index < -0.39 is 40.3 Å². The van der Waals surface area contributed by atoms with Gasteiger partial charge in [0.15, 0.2) is 0 Å². The summed E-state index contributed by atoms with van der Waals surface area (Å²) in [5.41, 5.74) is 4.29. The smallest absolute Gasteiger partial charge is 0.375 e. The van der Waals surface area contributed by atoms with Gasteiger partial charge in [-0.05, 0) is 12.8 Å². The molecule has 0 aromatic carbocycles. The number of nitrogens with one attached hydrogen (secondary N) is 2. The fraction of sp³-hybridized carbons (Fsp3) is 0.700. The van der Waals surface area contributed by atoms with Crippen LogP contribution in [0.15, 0.2) is 0 Å². The minimum atomic E-state index is -4.84. The third-order valence-electron chi connectivity index (χ3n) is 3.40. The number of methoxy groups -OCH3 is 1. The Morgan fingerprint density at radius 2 is 2.04 bits per heavy atom. The molecule has 0 saturated carbocycles. The number of hydrazine groups is 1. The van der Waals surface area contributed by atoms with Crippen LogP contribution in [0.25, 0.3) is 0 Å². The van der Waals surface area contributed by atoms with Crippen LogP contribution in [0.4, 0.5) is 4.79 Å². The van der Waals surface area contributed by atoms with Crippen molar-refractivity contribution in [1.29, 1.82) is 0 Å². The van der Waals surface area contributed by atoms with Gasteiger partial charge >= 0.3 is 16.4 Å². The van der Waals surface area contributed by atoms with E-state index in [9.17, 15) is 22.8 Å². The van der Waals surface area contributed by atoms with E-state index >= 15 is 0 Å². The number of amides is 4. The number of hydrogen-bond donors (Lipinski definition) is 3. The van der Waals surface area contributed by atoms with Crippen LogP contribution in [0.5, 0.6) is 0 Å². The maximum atomic E-state index is 12.1. The van der Waals surface area contributed by atoms with Crippen molar-refractivity contribution in [3.05, 3.63) is 0 Å². The molecule has 3 N–H and O–H groups in total. The first kappa shape index (κ1) is 17.4. The first-order valence-electron chi connectivity index (χ1n) is 6.57. The molecule has 2 bridgehead atoms. The number of rotatable bonds is 5. The molecule has 2 rings (SSSR count). The van der Waals surface area contributed by atoms with Crippen molar-refractivity contribution in [2.45, 2.75) is 24.9 Å². The van der Waals surface area contributed by atoms with Crippen molar-refractivity contribution in [2.75, 3.05) is 20.3 Å². The number of carbonyl (C=O) groups excluding carboxylic acids is 3. The molecule has 0 spiro atoms. The van der Waals surface area contributed by atoms with Gasteiger partial charge in [0.1, 0.15) is 12.6 Å². The SMILES string of the molecule is COCC(=O)NNC(=O)[C@@H]1CC[C@@H]2CN1C(=O)N2OS(=O)(=O)O. The lowest BCUT2D eigenvalue weighted by molar-refractivity contribution is -0.133. The lowest BCUT2D eigenvalue weighted by atomic mass is 10.0. The first-order valence-corrected chi connectivity index (χ1v) is 7.94. The van der Waals surface area contributed by atoms with E-state index in [4.69, 9.17) is 4.55 Å². The summed E-state index contributed by atoms with van der Waals surface area (Å²) < 4.78 is 39.0. The summed E-state index contributed by atoms with van der Waals surface area (Å²) in [5.74, 6) is -1.20. The molecule has 12 nitrogen and oxygen atoms in total. The average molecular weight is 352 g/mol. The number of ether oxygens (including phenoxy) is 1. The third kappa shape index (κ3) is 4.07. The summed E-state index contributed by atoms with van der Waals surface area (Å²) in [4.78, 5) is 36.4. The van der Waals surface area contributed by atoms with Crippen molar-refractivity contribution in [1.82, 2.24) is 20.8 Å². The first-order chi connectivity index (χ1) is 10.7. The second kappa shape index (κ2) is 6.66. The maximum absolute atomic E-state index is 12.1. The zero-order valence-electron chi connectivity index (χ0n) is 12.1. The van der Waals surface area contributed by atoms with Crippen LogP contribution >= 0.6 is 0 Å². The molecule has 2 aliphatic heterocycles. The molecule has 4 amide bonds. The molecular weight excluding hydrogens is 336 g/mol. The molecule has 0 aromatic rings. The van der Waals surface area contributed by atoms with E-state index in [1.165, 1.54) is 7.11 Å². The Morgan fingerprint density at radius 3 is 2.65 bits per heavy atom. The van der Waals surface area contributed by atoms with E-state index in [1.54, 1.807) is 0 Å². The number of piperidine rings is 1. The molecule has 0 radical (unpaired) electrons. The molecule has 23 heavy (non-hydrogen) atoms. The van der Waals surface area contributed by atoms with Gasteiger partial charge < -0.3 is 9.64 Å². The Labute approximate surface area is 131 Å². The summed E-state index contributed by atoms with van der Waals surface area (Å²) in [6.45, 7) is -0.176. The molecule has 130 valence electrons. The number of urea groups is 1. The number of carbonyl (C=O) groups is 3. The van der Waals surface area contributed by atoms with Gasteiger partial charge in [-0.1, -0.05) is 0 Å². The van der Waals surface area contributed by atoms with Crippen LogP contribution in [-0.4, -0.2) is 73.1 Å². The zero-order chi connectivity index (χ0) is 17.2. The lowest BCUT2D eigenvalue weighted by Crippen LogP contribution is -2.54. The lowest BCUT2D eigenvalue weighted by Gasteiger charge is -2.29. The molecular formula is C10H16N4O8S. The molecule has 2 saturated heterocycles. The minimum absolute atomic E-state index is 0.0679. The number of hydroxylamine groups is 2. The van der Waals surface area contributed by atoms with Crippen LogP contribution in [0.1, 0.15) is 12.8 Å². The quantitative estimate of drug-likeness (QED) is 0.371. The molecule has 0 aromatic heterocycles. The summed E-state index contributed by atoms with van der Waals surface area (Å²) in [6.07, 6.45) is 0.537. The minimum Gasteiger partial charge on any atom is -0.375 e. The van der Waals surface area contributed by atoms with Crippen LogP contribution in [-0.2, 0) is 29.0 Å². The molecule has 0 unspecified atom stereocenters. The fourth-order valence-electron chi connectivity index (χ4n) is 2.49. The van der Waals surface area contributed by atoms with Crippen molar-refractivity contribution in [3.63, 3.8) is 0 Å². The van der Waals surface area contributed by atoms with Gasteiger partial charge in [0, 0.05) is 13.7 Å². The highest BCUT2D eigenvalue weighted by molar-refractivity contribution is 7.80. The van der Waals surface area contributed by atoms with Crippen LogP contribution in [0, 0.1) is 0 Å². The van der Waals surface area contributed by atoms with E-state index in [-0.39, 0.29) is 19.6 Å². The van der Waals surface area contributed by atoms with Gasteiger partial charge in [-0.2, -0.15) is 13.5 Å². The van der Waals surface area contributed by atoms with Gasteiger partial charge in [-0.25, -0.2) is 4.79 Å². The van der Waals surface area contributed by atoms with Crippen LogP contribution in [0.3, 0.4) is 0 Å². The second-order valence-electron chi connectivity index (χ2n) is 4.98. The molecule has 13 heteroatoms. The summed E-state index contributed by atoms with van der Waals surface area (Å²) in [7, 11) is -3.52. The van der Waals surface area contributed by atoms with Crippen LogP contribution < -0.4 is 10.9 Å². The molecule has 2 fully saturated rings. The molecule has 2 atom stereocenters. The van der Waals surface area contributed by atoms with Crippen LogP contribution in [0.2, 0.25) is 0 Å². The van der Waals surface area contributed by atoms with Crippen molar-refractivity contribution < 1.29 is 36.4 Å². The standard InChI is InChI=1S/C10H16N4O8S/c1-21-5-8(15)11-12-9(16)7-3-2-6-4-13(7)10(17)14(6)22-23(18,19)20/h6-7H,2-5H2,1H3,(H,11,15)(H,12,16)(H,18,19,20)/t6-,7+/m1/s1. The summed E-state index contributed by atoms with van der Waals surface area (Å²) in [5, 5.41) is 0.534. The summed E-state index contributed by atoms with van der Waals surface area (Å²) >= 11 is 0. The Balaban J connectivity index is 1.98. The predicted octanol–water partition coefficient (Wildman–Crippen LogP) is -2.22. The van der Waals surface area contributed by atoms with Crippen molar-refractivity contribution >= 4 is 28.2 Å². The number of fused-ring (bicyclic) bond motifs is 2. The Bertz CT molecular complexity index is 608. The van der Waals surface area contributed by atoms with Gasteiger partial charge in [-0.15, -0.1) is 4.28 Å². The Kier molecular flexibility index (Phi) is 5.03.